The van der Waals surface area contributed by atoms with E-state index in [1.807, 2.05) is 13.8 Å². The summed E-state index contributed by atoms with van der Waals surface area (Å²) >= 11 is 0. The van der Waals surface area contributed by atoms with Gasteiger partial charge in [-0.05, 0) is 18.4 Å². The van der Waals surface area contributed by atoms with E-state index >= 15 is 0 Å². The Balaban J connectivity index is 2.76. The van der Waals surface area contributed by atoms with Crippen molar-refractivity contribution in [3.05, 3.63) is 39.7 Å². The maximum Gasteiger partial charge on any atom is 0.272 e. The van der Waals surface area contributed by atoms with E-state index in [9.17, 15) is 19.3 Å². The van der Waals surface area contributed by atoms with Crippen LogP contribution < -0.4 is 5.73 Å². The molecule has 1 aromatic carbocycles. The third-order valence-electron chi connectivity index (χ3n) is 3.39. The molecule has 7 heteroatoms. The molecule has 1 atom stereocenters. The normalized spacial score (nSPS) is 12.3. The average Bonchev–Trinajstić information content (AvgIpc) is 2.43. The third kappa shape index (κ3) is 4.49. The first-order chi connectivity index (χ1) is 9.73. The lowest BCUT2D eigenvalue weighted by Crippen LogP contribution is -2.35. The van der Waals surface area contributed by atoms with Crippen LogP contribution in [0.25, 0.3) is 0 Å². The zero-order valence-electron chi connectivity index (χ0n) is 12.4. The van der Waals surface area contributed by atoms with Gasteiger partial charge in [-0.1, -0.05) is 13.8 Å². The minimum absolute atomic E-state index is 0.0399. The summed E-state index contributed by atoms with van der Waals surface area (Å²) < 4.78 is 13.8. The van der Waals surface area contributed by atoms with E-state index in [1.165, 1.54) is 4.90 Å². The van der Waals surface area contributed by atoms with Gasteiger partial charge in [0.15, 0.2) is 0 Å². The number of nitro benzene ring substituents is 1. The minimum atomic E-state index is -0.894. The van der Waals surface area contributed by atoms with E-state index < -0.39 is 16.6 Å². The van der Waals surface area contributed by atoms with Crippen LogP contribution in [0.2, 0.25) is 0 Å². The Morgan fingerprint density at radius 3 is 2.57 bits per heavy atom. The number of hydrogen-bond acceptors (Lipinski definition) is 4. The Labute approximate surface area is 122 Å². The third-order valence-corrected chi connectivity index (χ3v) is 3.39. The molecule has 0 saturated carbocycles. The van der Waals surface area contributed by atoms with Gasteiger partial charge in [0.2, 0.25) is 0 Å². The molecule has 0 saturated heterocycles. The van der Waals surface area contributed by atoms with E-state index in [0.717, 1.165) is 18.2 Å². The largest absolute Gasteiger partial charge is 0.342 e. The van der Waals surface area contributed by atoms with Crippen molar-refractivity contribution in [3.63, 3.8) is 0 Å². The highest BCUT2D eigenvalue weighted by Crippen LogP contribution is 2.18. The number of rotatable bonds is 6. The summed E-state index contributed by atoms with van der Waals surface area (Å²) in [6, 6.07) is 2.96. The van der Waals surface area contributed by atoms with Crippen LogP contribution in [0, 0.1) is 21.8 Å². The summed E-state index contributed by atoms with van der Waals surface area (Å²) in [6.07, 6.45) is 0.606. The monoisotopic (exact) mass is 297 g/mol. The summed E-state index contributed by atoms with van der Waals surface area (Å²) in [5, 5.41) is 10.5. The van der Waals surface area contributed by atoms with Gasteiger partial charge in [0.05, 0.1) is 16.6 Å². The topological polar surface area (TPSA) is 89.5 Å². The Kier molecular flexibility index (Phi) is 5.78. The maximum absolute atomic E-state index is 13.8. The predicted octanol–water partition coefficient (Wildman–Crippen LogP) is 2.18. The number of nitrogens with two attached hydrogens (primary N) is 1. The van der Waals surface area contributed by atoms with Crippen molar-refractivity contribution in [2.45, 2.75) is 26.3 Å². The molecule has 21 heavy (non-hydrogen) atoms. The van der Waals surface area contributed by atoms with Crippen molar-refractivity contribution in [1.29, 1.82) is 0 Å². The van der Waals surface area contributed by atoms with Crippen molar-refractivity contribution >= 4 is 11.6 Å². The zero-order valence-corrected chi connectivity index (χ0v) is 12.4. The lowest BCUT2D eigenvalue weighted by Gasteiger charge is -2.21. The van der Waals surface area contributed by atoms with Gasteiger partial charge in [-0.25, -0.2) is 4.39 Å². The Bertz CT molecular complexity index is 534. The van der Waals surface area contributed by atoms with Crippen molar-refractivity contribution < 1.29 is 14.1 Å². The Morgan fingerprint density at radius 2 is 2.10 bits per heavy atom. The Morgan fingerprint density at radius 1 is 1.48 bits per heavy atom. The highest BCUT2D eigenvalue weighted by Gasteiger charge is 2.20. The first kappa shape index (κ1) is 17.0. The maximum atomic E-state index is 13.8. The Hall–Kier alpha value is -2.02. The van der Waals surface area contributed by atoms with Crippen molar-refractivity contribution in [2.24, 2.45) is 11.7 Å². The fourth-order valence-corrected chi connectivity index (χ4v) is 1.77. The van der Waals surface area contributed by atoms with Crippen molar-refractivity contribution in [3.8, 4) is 0 Å². The number of halogens is 1. The van der Waals surface area contributed by atoms with Gasteiger partial charge in [-0.15, -0.1) is 0 Å². The number of benzene rings is 1. The standard InChI is InChI=1S/C14H20FN3O3/c1-9(2)13(16)6-7-17(3)14(19)11-5-4-10(18(20)21)8-12(11)15/h4-5,8-9,13H,6-7,16H2,1-3H3. The van der Waals surface area contributed by atoms with Crippen LogP contribution in [-0.2, 0) is 0 Å². The lowest BCUT2D eigenvalue weighted by atomic mass is 10.0. The number of carbonyl (C=O) groups excluding carboxylic acids is 1. The van der Waals surface area contributed by atoms with E-state index in [1.54, 1.807) is 7.05 Å². The molecule has 1 amide bonds. The van der Waals surface area contributed by atoms with Gasteiger partial charge in [0.1, 0.15) is 5.82 Å². The summed E-state index contributed by atoms with van der Waals surface area (Å²) in [5.74, 6) is -1.11. The van der Waals surface area contributed by atoms with Crippen LogP contribution in [0.3, 0.4) is 0 Å². The van der Waals surface area contributed by atoms with Crippen LogP contribution in [0.15, 0.2) is 18.2 Å². The van der Waals surface area contributed by atoms with Gasteiger partial charge in [-0.2, -0.15) is 0 Å². The highest BCUT2D eigenvalue weighted by atomic mass is 19.1. The molecule has 6 nitrogen and oxygen atoms in total. The van der Waals surface area contributed by atoms with Crippen LogP contribution in [-0.4, -0.2) is 35.4 Å². The molecular weight excluding hydrogens is 277 g/mol. The number of nitro groups is 1. The van der Waals surface area contributed by atoms with E-state index in [-0.39, 0.29) is 17.3 Å². The second kappa shape index (κ2) is 7.12. The lowest BCUT2D eigenvalue weighted by molar-refractivity contribution is -0.385. The number of nitrogens with zero attached hydrogens (tertiary/aromatic N) is 2. The molecule has 1 aromatic rings. The summed E-state index contributed by atoms with van der Waals surface area (Å²) in [7, 11) is 1.55. The average molecular weight is 297 g/mol. The van der Waals surface area contributed by atoms with E-state index in [4.69, 9.17) is 5.73 Å². The van der Waals surface area contributed by atoms with Gasteiger partial charge in [0, 0.05) is 25.7 Å². The van der Waals surface area contributed by atoms with E-state index in [0.29, 0.717) is 18.9 Å². The number of amides is 1. The fourth-order valence-electron chi connectivity index (χ4n) is 1.77. The first-order valence-electron chi connectivity index (χ1n) is 6.69. The summed E-state index contributed by atoms with van der Waals surface area (Å²) in [4.78, 5) is 23.3. The molecule has 0 heterocycles. The molecule has 0 bridgehead atoms. The van der Waals surface area contributed by atoms with Gasteiger partial charge in [0.25, 0.3) is 11.6 Å². The van der Waals surface area contributed by atoms with Crippen molar-refractivity contribution in [1.82, 2.24) is 4.90 Å². The second-order valence-corrected chi connectivity index (χ2v) is 5.34. The second-order valence-electron chi connectivity index (χ2n) is 5.34. The predicted molar refractivity (Wildman–Crippen MR) is 77.4 cm³/mol. The van der Waals surface area contributed by atoms with Crippen LogP contribution in [0.4, 0.5) is 10.1 Å². The fraction of sp³-hybridized carbons (Fsp3) is 0.500. The molecular formula is C14H20FN3O3. The molecule has 0 spiro atoms. The quantitative estimate of drug-likeness (QED) is 0.643. The van der Waals surface area contributed by atoms with Crippen LogP contribution in [0.5, 0.6) is 0 Å². The molecule has 0 aliphatic heterocycles. The van der Waals surface area contributed by atoms with E-state index in [2.05, 4.69) is 0 Å². The molecule has 0 radical (unpaired) electrons. The first-order valence-corrected chi connectivity index (χ1v) is 6.69. The molecule has 0 aliphatic rings. The molecule has 0 aromatic heterocycles. The van der Waals surface area contributed by atoms with Crippen LogP contribution >= 0.6 is 0 Å². The molecule has 1 unspecified atom stereocenters. The van der Waals surface area contributed by atoms with Gasteiger partial charge >= 0.3 is 0 Å². The zero-order chi connectivity index (χ0) is 16.2. The van der Waals surface area contributed by atoms with Crippen LogP contribution in [0.1, 0.15) is 30.6 Å². The molecule has 1 rings (SSSR count). The molecule has 116 valence electrons. The smallest absolute Gasteiger partial charge is 0.272 e. The summed E-state index contributed by atoms with van der Waals surface area (Å²) in [6.45, 7) is 4.37. The molecule has 0 aliphatic carbocycles. The highest BCUT2D eigenvalue weighted by molar-refractivity contribution is 5.94. The number of hydrogen-bond donors (Lipinski definition) is 1. The van der Waals surface area contributed by atoms with Gasteiger partial charge < -0.3 is 10.6 Å². The minimum Gasteiger partial charge on any atom is -0.342 e. The molecule has 0 fully saturated rings. The number of carbonyl (C=O) groups is 1. The molecule has 2 N–H and O–H groups in total. The van der Waals surface area contributed by atoms with Crippen molar-refractivity contribution in [2.75, 3.05) is 13.6 Å². The van der Waals surface area contributed by atoms with Gasteiger partial charge in [-0.3, -0.25) is 14.9 Å². The SMILES string of the molecule is CC(C)C(N)CCN(C)C(=O)c1ccc([N+](=O)[O-])cc1F. The summed E-state index contributed by atoms with van der Waals surface area (Å²) in [5.41, 5.74) is 5.34. The number of non-ortho nitro benzene ring substituents is 1.